The summed E-state index contributed by atoms with van der Waals surface area (Å²) in [5, 5.41) is 13.0. The Labute approximate surface area is 216 Å². The third-order valence-corrected chi connectivity index (χ3v) is 7.18. The van der Waals surface area contributed by atoms with E-state index in [4.69, 9.17) is 23.2 Å². The van der Waals surface area contributed by atoms with Crippen LogP contribution in [0.15, 0.2) is 77.3 Å². The number of thioether (sulfide) groups is 1. The normalized spacial score (nSPS) is 16.7. The van der Waals surface area contributed by atoms with E-state index in [9.17, 15) is 19.2 Å². The molecular weight excluding hydrogens is 508 g/mol. The Kier molecular flexibility index (Phi) is 7.46. The summed E-state index contributed by atoms with van der Waals surface area (Å²) in [5.74, 6) is -1.48. The summed E-state index contributed by atoms with van der Waals surface area (Å²) < 4.78 is 13.6. The van der Waals surface area contributed by atoms with Crippen LogP contribution in [-0.2, 0) is 16.0 Å². The number of aryl methyl sites for hydroxylation is 1. The van der Waals surface area contributed by atoms with E-state index in [1.54, 1.807) is 30.3 Å². The van der Waals surface area contributed by atoms with Gasteiger partial charge in [-0.05, 0) is 73.5 Å². The van der Waals surface area contributed by atoms with Crippen LogP contribution in [0.25, 0.3) is 0 Å². The number of nitriles is 1. The van der Waals surface area contributed by atoms with Gasteiger partial charge >= 0.3 is 0 Å². The maximum absolute atomic E-state index is 13.6. The first-order chi connectivity index (χ1) is 16.8. The highest BCUT2D eigenvalue weighted by Gasteiger charge is 2.41. The van der Waals surface area contributed by atoms with Gasteiger partial charge in [-0.1, -0.05) is 52.7 Å². The Balaban J connectivity index is 1.73. The first-order valence-electron chi connectivity index (χ1n) is 10.5. The van der Waals surface area contributed by atoms with E-state index in [-0.39, 0.29) is 22.9 Å². The van der Waals surface area contributed by atoms with Crippen molar-refractivity contribution in [1.82, 2.24) is 0 Å². The monoisotopic (exact) mass is 525 g/mol. The summed E-state index contributed by atoms with van der Waals surface area (Å²) in [6.07, 6.45) is 0.225. The van der Waals surface area contributed by atoms with Gasteiger partial charge in [0.1, 0.15) is 22.5 Å². The van der Waals surface area contributed by atoms with Gasteiger partial charge in [-0.25, -0.2) is 4.39 Å². The molecule has 1 heterocycles. The fourth-order valence-electron chi connectivity index (χ4n) is 3.54. The van der Waals surface area contributed by atoms with Crippen molar-refractivity contribution < 1.29 is 14.0 Å². The van der Waals surface area contributed by atoms with Gasteiger partial charge in [0.15, 0.2) is 0 Å². The molecule has 0 saturated carbocycles. The molecule has 3 aromatic carbocycles. The number of carbonyl (C=O) groups is 2. The van der Waals surface area contributed by atoms with E-state index >= 15 is 0 Å². The maximum Gasteiger partial charge on any atom is 0.269 e. The van der Waals surface area contributed by atoms with Crippen LogP contribution in [0.3, 0.4) is 0 Å². The summed E-state index contributed by atoms with van der Waals surface area (Å²) in [6.45, 7) is 1.92. The molecule has 9 heteroatoms. The highest BCUT2D eigenvalue weighted by atomic mass is 35.5. The maximum atomic E-state index is 13.6. The lowest BCUT2D eigenvalue weighted by molar-refractivity contribution is -0.117. The lowest BCUT2D eigenvalue weighted by atomic mass is 10.1. The van der Waals surface area contributed by atoms with Gasteiger partial charge in [0.05, 0.1) is 5.25 Å². The quantitative estimate of drug-likeness (QED) is 0.304. The third-order valence-electron chi connectivity index (χ3n) is 5.31. The van der Waals surface area contributed by atoms with Crippen LogP contribution >= 0.6 is 35.0 Å². The zero-order valence-electron chi connectivity index (χ0n) is 18.4. The predicted molar refractivity (Wildman–Crippen MR) is 138 cm³/mol. The van der Waals surface area contributed by atoms with Crippen LogP contribution < -0.4 is 10.2 Å². The molecule has 1 aliphatic heterocycles. The second-order valence-corrected chi connectivity index (χ2v) is 9.84. The zero-order chi connectivity index (χ0) is 25.1. The Bertz CT molecular complexity index is 1370. The molecular formula is C26H18Cl2FN3O2S. The molecule has 176 valence electrons. The molecule has 35 heavy (non-hydrogen) atoms. The largest absolute Gasteiger partial charge is 0.321 e. The Morgan fingerprint density at radius 2 is 1.80 bits per heavy atom. The number of anilines is 2. The first kappa shape index (κ1) is 24.8. The Morgan fingerprint density at radius 1 is 1.11 bits per heavy atom. The smallest absolute Gasteiger partial charge is 0.269 e. The van der Waals surface area contributed by atoms with E-state index in [1.165, 1.54) is 29.2 Å². The molecule has 0 aromatic heterocycles. The van der Waals surface area contributed by atoms with Gasteiger partial charge in [-0.2, -0.15) is 5.26 Å². The Morgan fingerprint density at radius 3 is 2.46 bits per heavy atom. The second kappa shape index (κ2) is 10.5. The van der Waals surface area contributed by atoms with E-state index in [2.05, 4.69) is 5.32 Å². The number of halogens is 3. The number of benzene rings is 3. The minimum atomic E-state index is -0.679. The molecule has 1 saturated heterocycles. The fourth-order valence-corrected chi connectivity index (χ4v) is 5.23. The molecule has 4 rings (SSSR count). The number of hydrogen-bond donors (Lipinski definition) is 1. The number of hydrogen-bond acceptors (Lipinski definition) is 4. The van der Waals surface area contributed by atoms with Gasteiger partial charge < -0.3 is 5.32 Å². The van der Waals surface area contributed by atoms with Gasteiger partial charge in [-0.3, -0.25) is 14.5 Å². The summed E-state index contributed by atoms with van der Waals surface area (Å²) in [6, 6.07) is 19.3. The SMILES string of the molecule is Cc1ccc(NC(=O)/C(C#N)=C2\S[C@@H](Cc3cc(Cl)ccc3Cl)C(=O)N2c2ccc(F)cc2)cc1. The molecule has 1 N–H and O–H groups in total. The highest BCUT2D eigenvalue weighted by molar-refractivity contribution is 8.05. The average molecular weight is 526 g/mol. The second-order valence-electron chi connectivity index (χ2n) is 7.81. The molecule has 3 aromatic rings. The van der Waals surface area contributed by atoms with Crippen molar-refractivity contribution in [1.29, 1.82) is 5.26 Å². The topological polar surface area (TPSA) is 73.2 Å². The van der Waals surface area contributed by atoms with Crippen molar-refractivity contribution in [3.8, 4) is 6.07 Å². The predicted octanol–water partition coefficient (Wildman–Crippen LogP) is 6.51. The minimum Gasteiger partial charge on any atom is -0.321 e. The molecule has 1 aliphatic rings. The summed E-state index contributed by atoms with van der Waals surface area (Å²) in [4.78, 5) is 27.9. The lowest BCUT2D eigenvalue weighted by Gasteiger charge is -2.18. The van der Waals surface area contributed by atoms with Crippen molar-refractivity contribution in [2.24, 2.45) is 0 Å². The molecule has 0 radical (unpaired) electrons. The van der Waals surface area contributed by atoms with Crippen LogP contribution in [0.2, 0.25) is 10.0 Å². The van der Waals surface area contributed by atoms with Crippen molar-refractivity contribution in [2.75, 3.05) is 10.2 Å². The van der Waals surface area contributed by atoms with Crippen LogP contribution in [0, 0.1) is 24.1 Å². The number of nitrogens with zero attached hydrogens (tertiary/aromatic N) is 2. The van der Waals surface area contributed by atoms with E-state index in [0.29, 0.717) is 27.0 Å². The first-order valence-corrected chi connectivity index (χ1v) is 12.1. The Hall–Kier alpha value is -3.31. The molecule has 0 unspecified atom stereocenters. The van der Waals surface area contributed by atoms with Gasteiger partial charge in [-0.15, -0.1) is 0 Å². The van der Waals surface area contributed by atoms with Crippen molar-refractivity contribution in [3.05, 3.63) is 104 Å². The fraction of sp³-hybridized carbons (Fsp3) is 0.115. The summed E-state index contributed by atoms with van der Waals surface area (Å²) >= 11 is 13.5. The lowest BCUT2D eigenvalue weighted by Crippen LogP contribution is -2.31. The molecule has 0 spiro atoms. The van der Waals surface area contributed by atoms with Gasteiger partial charge in [0.2, 0.25) is 5.91 Å². The minimum absolute atomic E-state index is 0.164. The van der Waals surface area contributed by atoms with E-state index in [1.807, 2.05) is 25.1 Å². The molecule has 2 amide bonds. The van der Waals surface area contributed by atoms with Crippen molar-refractivity contribution in [2.45, 2.75) is 18.6 Å². The van der Waals surface area contributed by atoms with Crippen LogP contribution in [-0.4, -0.2) is 17.1 Å². The highest BCUT2D eigenvalue weighted by Crippen LogP contribution is 2.42. The summed E-state index contributed by atoms with van der Waals surface area (Å²) in [7, 11) is 0. The van der Waals surface area contributed by atoms with Crippen LogP contribution in [0.5, 0.6) is 0 Å². The van der Waals surface area contributed by atoms with E-state index < -0.39 is 17.0 Å². The standard InChI is InChI=1S/C26H18Cl2FN3O2S/c1-15-2-7-19(8-3-15)31-24(33)21(14-30)26-32(20-9-5-18(29)6-10-20)25(34)23(35-26)13-16-12-17(27)4-11-22(16)28/h2-12,23H,13H2,1H3,(H,31,33)/b26-21-/t23-/m0/s1. The van der Waals surface area contributed by atoms with Gasteiger partial charge in [0, 0.05) is 21.4 Å². The van der Waals surface area contributed by atoms with Crippen molar-refractivity contribution in [3.63, 3.8) is 0 Å². The van der Waals surface area contributed by atoms with Gasteiger partial charge in [0.25, 0.3) is 5.91 Å². The van der Waals surface area contributed by atoms with Crippen molar-refractivity contribution >= 4 is 58.2 Å². The number of rotatable bonds is 5. The van der Waals surface area contributed by atoms with Crippen LogP contribution in [0.4, 0.5) is 15.8 Å². The molecule has 1 atom stereocenters. The molecule has 5 nitrogen and oxygen atoms in total. The molecule has 0 aliphatic carbocycles. The van der Waals surface area contributed by atoms with Crippen LogP contribution in [0.1, 0.15) is 11.1 Å². The average Bonchev–Trinajstić information content (AvgIpc) is 3.14. The number of nitrogens with one attached hydrogen (secondary N) is 1. The zero-order valence-corrected chi connectivity index (χ0v) is 20.7. The number of carbonyl (C=O) groups excluding carboxylic acids is 2. The molecule has 1 fully saturated rings. The number of amides is 2. The molecule has 0 bridgehead atoms. The van der Waals surface area contributed by atoms with E-state index in [0.717, 1.165) is 17.3 Å². The third kappa shape index (κ3) is 5.51. The summed E-state index contributed by atoms with van der Waals surface area (Å²) in [5.41, 5.74) is 2.30.